The highest BCUT2D eigenvalue weighted by molar-refractivity contribution is 8.18. The lowest BCUT2D eigenvalue weighted by atomic mass is 10.1. The van der Waals surface area contributed by atoms with Gasteiger partial charge in [0.15, 0.2) is 0 Å². The van der Waals surface area contributed by atoms with Gasteiger partial charge in [0.2, 0.25) is 5.91 Å². The first-order valence-electron chi connectivity index (χ1n) is 9.94. The third kappa shape index (κ3) is 5.05. The zero-order valence-corrected chi connectivity index (χ0v) is 19.2. The summed E-state index contributed by atoms with van der Waals surface area (Å²) in [5, 5.41) is 13.3. The van der Waals surface area contributed by atoms with Gasteiger partial charge in [-0.1, -0.05) is 23.7 Å². The molecule has 0 aliphatic carbocycles. The van der Waals surface area contributed by atoms with Crippen LogP contribution in [0.15, 0.2) is 63.9 Å². The highest BCUT2D eigenvalue weighted by Gasteiger charge is 2.36. The fraction of sp³-hybridized carbons (Fsp3) is 0.0833. The van der Waals surface area contributed by atoms with Gasteiger partial charge >= 0.3 is 0 Å². The number of amides is 3. The second-order valence-electron chi connectivity index (χ2n) is 7.37. The Morgan fingerprint density at radius 1 is 1.15 bits per heavy atom. The number of halogens is 1. The van der Waals surface area contributed by atoms with Crippen molar-refractivity contribution in [3.8, 4) is 11.3 Å². The van der Waals surface area contributed by atoms with E-state index in [1.54, 1.807) is 36.4 Å². The number of carboxylic acids is 1. The number of hydrogen-bond acceptors (Lipinski definition) is 7. The van der Waals surface area contributed by atoms with Gasteiger partial charge in [-0.15, -0.1) is 0 Å². The number of carbonyl (C=O) groups is 4. The summed E-state index contributed by atoms with van der Waals surface area (Å²) in [7, 11) is 0. The van der Waals surface area contributed by atoms with Gasteiger partial charge in [0.25, 0.3) is 11.1 Å². The second kappa shape index (κ2) is 9.58. The average Bonchev–Trinajstić information content (AvgIpc) is 3.34. The Kier molecular flexibility index (Phi) is 6.58. The van der Waals surface area contributed by atoms with E-state index >= 15 is 0 Å². The summed E-state index contributed by atoms with van der Waals surface area (Å²) in [6.45, 7) is 1.46. The van der Waals surface area contributed by atoms with E-state index in [-0.39, 0.29) is 21.3 Å². The van der Waals surface area contributed by atoms with Gasteiger partial charge in [-0.25, -0.2) is 0 Å². The van der Waals surface area contributed by atoms with E-state index in [0.717, 1.165) is 10.5 Å². The standard InChI is InChI=1S/C24H17ClN2O6S/c1-13-3-2-4-15(9-13)26-21(28)12-27-22(29)20(34-24(27)32)11-16-6-8-19(33-16)14-5-7-18(25)17(10-14)23(30)31/h2-11H,12H2,1H3,(H,26,28)(H,30,31)/p-1/b20-11-. The van der Waals surface area contributed by atoms with Gasteiger partial charge in [-0.05, 0) is 66.7 Å². The molecule has 8 nitrogen and oxygen atoms in total. The molecule has 1 fully saturated rings. The Morgan fingerprint density at radius 2 is 1.94 bits per heavy atom. The quantitative estimate of drug-likeness (QED) is 0.514. The summed E-state index contributed by atoms with van der Waals surface area (Å²) in [6, 6.07) is 14.6. The van der Waals surface area contributed by atoms with Crippen LogP contribution in [0.25, 0.3) is 17.4 Å². The maximum Gasteiger partial charge on any atom is 0.294 e. The first-order valence-corrected chi connectivity index (χ1v) is 11.1. The molecule has 0 radical (unpaired) electrons. The van der Waals surface area contributed by atoms with E-state index in [1.165, 1.54) is 18.2 Å². The van der Waals surface area contributed by atoms with Crippen LogP contribution in [0.5, 0.6) is 0 Å². The van der Waals surface area contributed by atoms with Crippen LogP contribution < -0.4 is 10.4 Å². The normalized spacial score (nSPS) is 14.6. The molecule has 2 heterocycles. The molecule has 34 heavy (non-hydrogen) atoms. The molecule has 3 amide bonds. The number of aryl methyl sites for hydroxylation is 1. The molecule has 4 rings (SSSR count). The molecule has 0 spiro atoms. The lowest BCUT2D eigenvalue weighted by Gasteiger charge is -2.12. The van der Waals surface area contributed by atoms with Crippen LogP contribution in [0.4, 0.5) is 10.5 Å². The van der Waals surface area contributed by atoms with Gasteiger partial charge in [0.05, 0.1) is 10.9 Å². The van der Waals surface area contributed by atoms with Gasteiger partial charge in [-0.2, -0.15) is 0 Å². The number of anilines is 1. The Bertz CT molecular complexity index is 1360. The van der Waals surface area contributed by atoms with Gasteiger partial charge in [0, 0.05) is 27.9 Å². The van der Waals surface area contributed by atoms with Crippen LogP contribution in [-0.2, 0) is 9.59 Å². The third-order valence-electron chi connectivity index (χ3n) is 4.85. The number of imide groups is 1. The molecule has 0 saturated carbocycles. The van der Waals surface area contributed by atoms with Crippen LogP contribution in [0.2, 0.25) is 5.02 Å². The van der Waals surface area contributed by atoms with Crippen LogP contribution in [-0.4, -0.2) is 34.5 Å². The predicted molar refractivity (Wildman–Crippen MR) is 126 cm³/mol. The van der Waals surface area contributed by atoms with Crippen molar-refractivity contribution in [2.75, 3.05) is 11.9 Å². The van der Waals surface area contributed by atoms with E-state index in [9.17, 15) is 24.3 Å². The van der Waals surface area contributed by atoms with Crippen molar-refractivity contribution in [3.63, 3.8) is 0 Å². The molecule has 1 saturated heterocycles. The number of thioether (sulfide) groups is 1. The molecular formula is C24H16ClN2O6S-. The third-order valence-corrected chi connectivity index (χ3v) is 6.09. The second-order valence-corrected chi connectivity index (χ2v) is 8.77. The molecule has 172 valence electrons. The smallest absolute Gasteiger partial charge is 0.294 e. The molecule has 2 aromatic carbocycles. The minimum atomic E-state index is -1.42. The zero-order valence-electron chi connectivity index (χ0n) is 17.7. The Balaban J connectivity index is 1.47. The maximum absolute atomic E-state index is 12.7. The van der Waals surface area contributed by atoms with Crippen molar-refractivity contribution in [2.45, 2.75) is 6.92 Å². The van der Waals surface area contributed by atoms with Gasteiger partial charge < -0.3 is 19.6 Å². The Hall–Kier alpha value is -3.82. The largest absolute Gasteiger partial charge is 0.545 e. The number of nitrogens with zero attached hydrogens (tertiary/aromatic N) is 1. The number of aromatic carboxylic acids is 1. The highest BCUT2D eigenvalue weighted by Crippen LogP contribution is 2.33. The number of rotatable bonds is 6. The summed E-state index contributed by atoms with van der Waals surface area (Å²) in [4.78, 5) is 49.5. The van der Waals surface area contributed by atoms with Crippen molar-refractivity contribution < 1.29 is 28.7 Å². The van der Waals surface area contributed by atoms with E-state index in [4.69, 9.17) is 16.0 Å². The molecule has 1 aromatic heterocycles. The number of benzene rings is 2. The van der Waals surface area contributed by atoms with E-state index in [1.807, 2.05) is 13.0 Å². The Labute approximate surface area is 203 Å². The minimum Gasteiger partial charge on any atom is -0.545 e. The predicted octanol–water partition coefficient (Wildman–Crippen LogP) is 3.95. The molecule has 0 unspecified atom stereocenters. The van der Waals surface area contributed by atoms with Crippen LogP contribution >= 0.6 is 23.4 Å². The Morgan fingerprint density at radius 3 is 2.68 bits per heavy atom. The van der Waals surface area contributed by atoms with E-state index in [2.05, 4.69) is 5.32 Å². The van der Waals surface area contributed by atoms with E-state index in [0.29, 0.717) is 28.8 Å². The average molecular weight is 496 g/mol. The summed E-state index contributed by atoms with van der Waals surface area (Å²) in [6.07, 6.45) is 1.39. The molecule has 0 atom stereocenters. The lowest BCUT2D eigenvalue weighted by Crippen LogP contribution is -2.36. The molecule has 1 aliphatic rings. The van der Waals surface area contributed by atoms with Crippen molar-refractivity contribution >= 4 is 58.1 Å². The number of nitrogens with one attached hydrogen (secondary N) is 1. The minimum absolute atomic E-state index is 0.0376. The molecule has 10 heteroatoms. The van der Waals surface area contributed by atoms with Crippen molar-refractivity contribution in [2.24, 2.45) is 0 Å². The first kappa shape index (κ1) is 23.3. The maximum atomic E-state index is 12.7. The van der Waals surface area contributed by atoms with Crippen molar-refractivity contribution in [3.05, 3.63) is 81.4 Å². The summed E-state index contributed by atoms with van der Waals surface area (Å²) >= 11 is 6.56. The molecule has 0 bridgehead atoms. The van der Waals surface area contributed by atoms with Crippen LogP contribution in [0, 0.1) is 6.92 Å². The molecule has 3 aromatic rings. The molecule has 1 N–H and O–H groups in total. The first-order chi connectivity index (χ1) is 16.2. The van der Waals surface area contributed by atoms with Crippen molar-refractivity contribution in [1.29, 1.82) is 0 Å². The lowest BCUT2D eigenvalue weighted by molar-refractivity contribution is -0.255. The molecule has 1 aliphatic heterocycles. The summed E-state index contributed by atoms with van der Waals surface area (Å²) in [5.74, 6) is -1.92. The number of hydrogen-bond donors (Lipinski definition) is 1. The van der Waals surface area contributed by atoms with Crippen LogP contribution in [0.1, 0.15) is 21.7 Å². The monoisotopic (exact) mass is 495 g/mol. The van der Waals surface area contributed by atoms with Gasteiger partial charge in [-0.3, -0.25) is 19.3 Å². The van der Waals surface area contributed by atoms with E-state index < -0.39 is 29.6 Å². The fourth-order valence-electron chi connectivity index (χ4n) is 3.25. The van der Waals surface area contributed by atoms with Crippen molar-refractivity contribution in [1.82, 2.24) is 4.90 Å². The highest BCUT2D eigenvalue weighted by atomic mass is 35.5. The SMILES string of the molecule is Cc1cccc(NC(=O)CN2C(=O)S/C(=C\c3ccc(-c4ccc(Cl)c(C(=O)[O-])c4)o3)C2=O)c1. The number of carbonyl (C=O) groups excluding carboxylic acids is 4. The zero-order chi connectivity index (χ0) is 24.4. The summed E-state index contributed by atoms with van der Waals surface area (Å²) in [5.41, 5.74) is 1.80. The van der Waals surface area contributed by atoms with Gasteiger partial charge in [0.1, 0.15) is 18.1 Å². The summed E-state index contributed by atoms with van der Waals surface area (Å²) < 4.78 is 5.69. The fourth-order valence-corrected chi connectivity index (χ4v) is 4.27. The number of carboxylic acid groups (broad SMARTS) is 1. The van der Waals surface area contributed by atoms with Crippen LogP contribution in [0.3, 0.4) is 0 Å². The number of furan rings is 1. The topological polar surface area (TPSA) is 120 Å². The molecular weight excluding hydrogens is 480 g/mol.